The Labute approximate surface area is 245 Å². The number of hydrogen-bond acceptors (Lipinski definition) is 9. The summed E-state index contributed by atoms with van der Waals surface area (Å²) in [5.41, 5.74) is 2.25. The van der Waals surface area contributed by atoms with Crippen molar-refractivity contribution < 1.29 is 33.6 Å². The van der Waals surface area contributed by atoms with Gasteiger partial charge in [-0.15, -0.1) is 0 Å². The summed E-state index contributed by atoms with van der Waals surface area (Å²) in [7, 11) is 1.41. The average molecular weight is 580 g/mol. The zero-order valence-corrected chi connectivity index (χ0v) is 23.1. The lowest BCUT2D eigenvalue weighted by Gasteiger charge is -2.29. The molecule has 2 aliphatic rings. The Hall–Kier alpha value is -5.55. The molecule has 4 aromatic rings. The number of carbonyl (C=O) groups is 3. The number of aryl methyl sites for hydroxylation is 1. The molecule has 0 bridgehead atoms. The minimum absolute atomic E-state index is 0.146. The molecule has 3 atom stereocenters. The number of rotatable bonds is 7. The molecule has 4 aromatic carbocycles. The van der Waals surface area contributed by atoms with Crippen LogP contribution in [0.2, 0.25) is 0 Å². The van der Waals surface area contributed by atoms with Crippen molar-refractivity contribution in [2.75, 3.05) is 17.1 Å². The molecule has 6 rings (SSSR count). The fourth-order valence-electron chi connectivity index (χ4n) is 5.43. The highest BCUT2D eigenvalue weighted by molar-refractivity contribution is 6.24. The van der Waals surface area contributed by atoms with Gasteiger partial charge in [0, 0.05) is 12.1 Å². The van der Waals surface area contributed by atoms with Crippen molar-refractivity contribution in [3.05, 3.63) is 124 Å². The van der Waals surface area contributed by atoms with Crippen molar-refractivity contribution in [1.29, 1.82) is 0 Å². The number of hydrogen-bond donors (Lipinski definition) is 0. The van der Waals surface area contributed by atoms with Gasteiger partial charge in [0.05, 0.1) is 35.0 Å². The molecule has 216 valence electrons. The van der Waals surface area contributed by atoms with Crippen LogP contribution in [0, 0.1) is 23.0 Å². The monoisotopic (exact) mass is 579 g/mol. The molecule has 0 aromatic heterocycles. The van der Waals surface area contributed by atoms with Crippen LogP contribution in [0.5, 0.6) is 11.5 Å². The summed E-state index contributed by atoms with van der Waals surface area (Å²) in [6.45, 7) is 1.86. The lowest BCUT2D eigenvalue weighted by Crippen LogP contribution is -2.37. The first-order chi connectivity index (χ1) is 20.8. The first-order valence-corrected chi connectivity index (χ1v) is 13.4. The molecule has 0 spiro atoms. The molecular weight excluding hydrogens is 554 g/mol. The Morgan fingerprint density at radius 1 is 0.860 bits per heavy atom. The molecule has 11 nitrogen and oxygen atoms in total. The molecule has 43 heavy (non-hydrogen) atoms. The number of esters is 1. The van der Waals surface area contributed by atoms with Crippen LogP contribution < -0.4 is 19.4 Å². The molecule has 0 radical (unpaired) electrons. The van der Waals surface area contributed by atoms with Gasteiger partial charge in [0.2, 0.25) is 5.91 Å². The van der Waals surface area contributed by atoms with E-state index in [0.29, 0.717) is 16.8 Å². The molecule has 3 unspecified atom stereocenters. The summed E-state index contributed by atoms with van der Waals surface area (Å²) in [6.07, 6.45) is -1.18. The standard InChI is InChI=1S/C32H25N3O8/c1-19-8-6-11-22(16-19)33-30(36)27-28(34(43-29(27)31(33)37)23-12-7-13-24(18-23)35(39)40)21-14-15-25(26(17-21)41-2)42-32(38)20-9-4-3-5-10-20/h3-18,27-29H,1-2H3. The molecule has 11 heteroatoms. The van der Waals surface area contributed by atoms with E-state index in [2.05, 4.69) is 0 Å². The number of nitro benzene ring substituents is 1. The molecule has 0 saturated carbocycles. The van der Waals surface area contributed by atoms with Gasteiger partial charge in [-0.1, -0.05) is 42.5 Å². The maximum absolute atomic E-state index is 14.0. The van der Waals surface area contributed by atoms with E-state index in [1.54, 1.807) is 66.7 Å². The second-order valence-corrected chi connectivity index (χ2v) is 10.1. The van der Waals surface area contributed by atoms with Gasteiger partial charge >= 0.3 is 5.97 Å². The number of benzene rings is 4. The first-order valence-electron chi connectivity index (χ1n) is 13.4. The SMILES string of the molecule is COc1cc(C2C3C(=O)N(c4cccc(C)c4)C(=O)C3ON2c2cccc([N+](=O)[O-])c2)ccc1OC(=O)c1ccccc1. The summed E-state index contributed by atoms with van der Waals surface area (Å²) in [4.78, 5) is 58.6. The van der Waals surface area contributed by atoms with Crippen LogP contribution in [0.1, 0.15) is 27.5 Å². The molecule has 0 N–H and O–H groups in total. The number of amides is 2. The molecule has 2 heterocycles. The number of ether oxygens (including phenoxy) is 2. The number of fused-ring (bicyclic) bond motifs is 1. The van der Waals surface area contributed by atoms with Crippen LogP contribution >= 0.6 is 0 Å². The summed E-state index contributed by atoms with van der Waals surface area (Å²) in [5.74, 6) is -2.24. The van der Waals surface area contributed by atoms with Gasteiger partial charge in [0.25, 0.3) is 11.6 Å². The van der Waals surface area contributed by atoms with Gasteiger partial charge in [0.1, 0.15) is 5.92 Å². The third-order valence-electron chi connectivity index (χ3n) is 7.41. The lowest BCUT2D eigenvalue weighted by atomic mass is 9.90. The zero-order valence-electron chi connectivity index (χ0n) is 23.1. The Morgan fingerprint density at radius 2 is 1.60 bits per heavy atom. The Morgan fingerprint density at radius 3 is 2.33 bits per heavy atom. The van der Waals surface area contributed by atoms with E-state index in [9.17, 15) is 24.5 Å². The van der Waals surface area contributed by atoms with Gasteiger partial charge in [-0.25, -0.2) is 14.8 Å². The summed E-state index contributed by atoms with van der Waals surface area (Å²) >= 11 is 0. The van der Waals surface area contributed by atoms with Crippen molar-refractivity contribution >= 4 is 34.8 Å². The van der Waals surface area contributed by atoms with Crippen LogP contribution in [0.3, 0.4) is 0 Å². The van der Waals surface area contributed by atoms with Crippen LogP contribution in [0.15, 0.2) is 97.1 Å². The minimum atomic E-state index is -1.18. The molecule has 2 aliphatic heterocycles. The number of nitrogens with zero attached hydrogens (tertiary/aromatic N) is 3. The second-order valence-electron chi connectivity index (χ2n) is 10.1. The molecule has 2 saturated heterocycles. The quantitative estimate of drug-likeness (QED) is 0.0956. The fourth-order valence-corrected chi connectivity index (χ4v) is 5.43. The normalized spacial score (nSPS) is 19.3. The number of non-ortho nitro benzene ring substituents is 1. The number of methoxy groups -OCH3 is 1. The highest BCUT2D eigenvalue weighted by Crippen LogP contribution is 2.49. The maximum Gasteiger partial charge on any atom is 0.343 e. The average Bonchev–Trinajstić information content (AvgIpc) is 3.53. The van der Waals surface area contributed by atoms with E-state index in [0.717, 1.165) is 10.5 Å². The van der Waals surface area contributed by atoms with Gasteiger partial charge in [-0.3, -0.25) is 24.5 Å². The Kier molecular flexibility index (Phi) is 7.08. The van der Waals surface area contributed by atoms with Crippen molar-refractivity contribution in [2.45, 2.75) is 19.1 Å². The highest BCUT2D eigenvalue weighted by atomic mass is 16.7. The molecule has 2 amide bonds. The molecular formula is C32H25N3O8. The number of nitro groups is 1. The topological polar surface area (TPSA) is 129 Å². The number of hydroxylamine groups is 1. The van der Waals surface area contributed by atoms with Crippen molar-refractivity contribution in [3.63, 3.8) is 0 Å². The Bertz CT molecular complexity index is 1760. The smallest absolute Gasteiger partial charge is 0.343 e. The van der Waals surface area contributed by atoms with Gasteiger partial charge < -0.3 is 9.47 Å². The number of carbonyl (C=O) groups excluding carboxylic acids is 3. The van der Waals surface area contributed by atoms with Crippen LogP contribution in [0.4, 0.5) is 17.1 Å². The third kappa shape index (κ3) is 4.95. The molecule has 0 aliphatic carbocycles. The van der Waals surface area contributed by atoms with Crippen molar-refractivity contribution in [3.8, 4) is 11.5 Å². The van der Waals surface area contributed by atoms with E-state index in [1.165, 1.54) is 36.4 Å². The van der Waals surface area contributed by atoms with Crippen LogP contribution in [0.25, 0.3) is 0 Å². The van der Waals surface area contributed by atoms with E-state index >= 15 is 0 Å². The van der Waals surface area contributed by atoms with Crippen molar-refractivity contribution in [1.82, 2.24) is 0 Å². The maximum atomic E-state index is 14.0. The van der Waals surface area contributed by atoms with E-state index in [-0.39, 0.29) is 22.9 Å². The zero-order chi connectivity index (χ0) is 30.2. The van der Waals surface area contributed by atoms with Crippen molar-refractivity contribution in [2.24, 2.45) is 5.92 Å². The first kappa shape index (κ1) is 27.6. The van der Waals surface area contributed by atoms with Crippen LogP contribution in [-0.2, 0) is 14.4 Å². The largest absolute Gasteiger partial charge is 0.493 e. The summed E-state index contributed by atoms with van der Waals surface area (Å²) < 4.78 is 11.1. The van der Waals surface area contributed by atoms with Gasteiger partial charge in [-0.05, 0) is 60.5 Å². The van der Waals surface area contributed by atoms with E-state index in [1.807, 2.05) is 13.0 Å². The lowest BCUT2D eigenvalue weighted by molar-refractivity contribution is -0.384. The van der Waals surface area contributed by atoms with E-state index in [4.69, 9.17) is 14.3 Å². The fraction of sp³-hybridized carbons (Fsp3) is 0.156. The van der Waals surface area contributed by atoms with E-state index < -0.39 is 40.8 Å². The van der Waals surface area contributed by atoms with Gasteiger partial charge in [0.15, 0.2) is 17.6 Å². The Balaban J connectivity index is 1.41. The van der Waals surface area contributed by atoms with Gasteiger partial charge in [-0.2, -0.15) is 0 Å². The van der Waals surface area contributed by atoms with Crippen LogP contribution in [-0.4, -0.2) is 35.9 Å². The number of imide groups is 1. The second kappa shape index (κ2) is 11.0. The summed E-state index contributed by atoms with van der Waals surface area (Å²) in [5, 5.41) is 12.9. The highest BCUT2D eigenvalue weighted by Gasteiger charge is 2.60. The predicted molar refractivity (Wildman–Crippen MR) is 155 cm³/mol. The molecule has 2 fully saturated rings. The number of anilines is 2. The summed E-state index contributed by atoms with van der Waals surface area (Å²) in [6, 6.07) is 25.1. The minimum Gasteiger partial charge on any atom is -0.493 e. The predicted octanol–water partition coefficient (Wildman–Crippen LogP) is 5.18. The third-order valence-corrected chi connectivity index (χ3v) is 7.41.